The van der Waals surface area contributed by atoms with Crippen LogP contribution >= 0.6 is 0 Å². The second kappa shape index (κ2) is 3.51. The monoisotopic (exact) mass is 176 g/mol. The normalized spacial score (nSPS) is 11.2. The van der Waals surface area contributed by atoms with Crippen molar-refractivity contribution in [3.63, 3.8) is 0 Å². The minimum atomic E-state index is -2.79. The van der Waals surface area contributed by atoms with Gasteiger partial charge >= 0.3 is 6.61 Å². The summed E-state index contributed by atoms with van der Waals surface area (Å²) >= 11 is 0. The van der Waals surface area contributed by atoms with E-state index in [0.717, 1.165) is 0 Å². The van der Waals surface area contributed by atoms with Crippen LogP contribution in [-0.4, -0.2) is 16.4 Å². The molecule has 5 heteroatoms. The fourth-order valence-corrected chi connectivity index (χ4v) is 0.875. The average molecular weight is 176 g/mol. The van der Waals surface area contributed by atoms with Gasteiger partial charge in [-0.05, 0) is 13.8 Å². The standard InChI is InChI=1S/C7H10F2N2O/c1-5(2)11-6(3-4-10-11)12-7(8)9/h3-5,7H,1-2H3. The summed E-state index contributed by atoms with van der Waals surface area (Å²) in [5.41, 5.74) is 0. The molecule has 0 amide bonds. The molecule has 12 heavy (non-hydrogen) atoms. The van der Waals surface area contributed by atoms with Crippen molar-refractivity contribution in [1.82, 2.24) is 9.78 Å². The lowest BCUT2D eigenvalue weighted by Gasteiger charge is -2.10. The first-order chi connectivity index (χ1) is 5.61. The van der Waals surface area contributed by atoms with Gasteiger partial charge in [0, 0.05) is 6.07 Å². The van der Waals surface area contributed by atoms with Crippen LogP contribution < -0.4 is 4.74 Å². The Morgan fingerprint density at radius 1 is 1.50 bits per heavy atom. The minimum Gasteiger partial charge on any atom is -0.417 e. The summed E-state index contributed by atoms with van der Waals surface area (Å²) in [6.45, 7) is 0.885. The van der Waals surface area contributed by atoms with E-state index in [9.17, 15) is 8.78 Å². The Morgan fingerprint density at radius 3 is 2.67 bits per heavy atom. The Hall–Kier alpha value is -1.13. The quantitative estimate of drug-likeness (QED) is 0.704. The van der Waals surface area contributed by atoms with Gasteiger partial charge in [-0.2, -0.15) is 13.9 Å². The Morgan fingerprint density at radius 2 is 2.17 bits per heavy atom. The van der Waals surface area contributed by atoms with E-state index in [0.29, 0.717) is 0 Å². The zero-order valence-corrected chi connectivity index (χ0v) is 6.87. The SMILES string of the molecule is CC(C)n1nccc1OC(F)F. The fourth-order valence-electron chi connectivity index (χ4n) is 0.875. The summed E-state index contributed by atoms with van der Waals surface area (Å²) in [4.78, 5) is 0. The maximum absolute atomic E-state index is 11.8. The number of hydrogen-bond acceptors (Lipinski definition) is 2. The highest BCUT2D eigenvalue weighted by atomic mass is 19.3. The van der Waals surface area contributed by atoms with Gasteiger partial charge in [0.2, 0.25) is 5.88 Å². The maximum Gasteiger partial charge on any atom is 0.388 e. The molecule has 1 rings (SSSR count). The molecule has 0 spiro atoms. The van der Waals surface area contributed by atoms with Gasteiger partial charge in [-0.1, -0.05) is 0 Å². The third-order valence-corrected chi connectivity index (χ3v) is 1.33. The number of ether oxygens (including phenoxy) is 1. The Balaban J connectivity index is 2.77. The molecule has 0 aliphatic heterocycles. The summed E-state index contributed by atoms with van der Waals surface area (Å²) in [5, 5.41) is 3.83. The zero-order chi connectivity index (χ0) is 9.14. The Bertz CT molecular complexity index is 247. The second-order valence-corrected chi connectivity index (χ2v) is 2.59. The molecule has 0 aliphatic rings. The number of rotatable bonds is 3. The smallest absolute Gasteiger partial charge is 0.388 e. The number of nitrogens with zero attached hydrogens (tertiary/aromatic N) is 2. The Kier molecular flexibility index (Phi) is 2.62. The fraction of sp³-hybridized carbons (Fsp3) is 0.571. The summed E-state index contributed by atoms with van der Waals surface area (Å²) < 4.78 is 29.2. The molecule has 0 unspecified atom stereocenters. The van der Waals surface area contributed by atoms with Crippen molar-refractivity contribution in [3.8, 4) is 5.88 Å². The molecule has 1 heterocycles. The van der Waals surface area contributed by atoms with Gasteiger partial charge in [0.15, 0.2) is 0 Å². The maximum atomic E-state index is 11.8. The van der Waals surface area contributed by atoms with Crippen molar-refractivity contribution in [3.05, 3.63) is 12.3 Å². The molecular weight excluding hydrogens is 166 g/mol. The molecular formula is C7H10F2N2O. The molecule has 3 nitrogen and oxygen atoms in total. The molecule has 0 radical (unpaired) electrons. The van der Waals surface area contributed by atoms with Gasteiger partial charge < -0.3 is 4.74 Å². The van der Waals surface area contributed by atoms with E-state index < -0.39 is 6.61 Å². The van der Waals surface area contributed by atoms with E-state index in [4.69, 9.17) is 0 Å². The van der Waals surface area contributed by atoms with Crippen LogP contribution in [0.2, 0.25) is 0 Å². The highest BCUT2D eigenvalue weighted by molar-refractivity contribution is 5.08. The molecule has 68 valence electrons. The number of halogens is 2. The first-order valence-corrected chi connectivity index (χ1v) is 3.59. The zero-order valence-electron chi connectivity index (χ0n) is 6.87. The van der Waals surface area contributed by atoms with E-state index in [1.54, 1.807) is 0 Å². The van der Waals surface area contributed by atoms with Gasteiger partial charge in [-0.3, -0.25) is 0 Å². The third-order valence-electron chi connectivity index (χ3n) is 1.33. The van der Waals surface area contributed by atoms with Crippen LogP contribution in [0.5, 0.6) is 5.88 Å². The predicted octanol–water partition coefficient (Wildman–Crippen LogP) is 2.07. The summed E-state index contributed by atoms with van der Waals surface area (Å²) in [7, 11) is 0. The van der Waals surface area contributed by atoms with Gasteiger partial charge in [-0.15, -0.1) is 0 Å². The van der Waals surface area contributed by atoms with E-state index >= 15 is 0 Å². The summed E-state index contributed by atoms with van der Waals surface area (Å²) in [6, 6.07) is 1.43. The van der Waals surface area contributed by atoms with Gasteiger partial charge in [0.1, 0.15) is 0 Å². The summed E-state index contributed by atoms with van der Waals surface area (Å²) in [5.74, 6) is 0.0972. The highest BCUT2D eigenvalue weighted by Crippen LogP contribution is 2.17. The Labute approximate surface area is 68.9 Å². The number of hydrogen-bond donors (Lipinski definition) is 0. The van der Waals surface area contributed by atoms with Crippen molar-refractivity contribution >= 4 is 0 Å². The number of aromatic nitrogens is 2. The predicted molar refractivity (Wildman–Crippen MR) is 39.2 cm³/mol. The highest BCUT2D eigenvalue weighted by Gasteiger charge is 2.11. The lowest BCUT2D eigenvalue weighted by atomic mass is 10.4. The van der Waals surface area contributed by atoms with E-state index in [1.165, 1.54) is 16.9 Å². The van der Waals surface area contributed by atoms with Crippen molar-refractivity contribution < 1.29 is 13.5 Å². The first kappa shape index (κ1) is 8.96. The van der Waals surface area contributed by atoms with Crippen LogP contribution in [0.4, 0.5) is 8.78 Å². The van der Waals surface area contributed by atoms with Crippen LogP contribution in [0.1, 0.15) is 19.9 Å². The molecule has 0 aromatic carbocycles. The molecule has 1 aromatic heterocycles. The van der Waals surface area contributed by atoms with Crippen LogP contribution in [-0.2, 0) is 0 Å². The largest absolute Gasteiger partial charge is 0.417 e. The van der Waals surface area contributed by atoms with Gasteiger partial charge in [0.05, 0.1) is 12.2 Å². The summed E-state index contributed by atoms with van der Waals surface area (Å²) in [6.07, 6.45) is 1.43. The molecule has 0 saturated carbocycles. The molecule has 0 bridgehead atoms. The van der Waals surface area contributed by atoms with E-state index in [1.807, 2.05) is 13.8 Å². The van der Waals surface area contributed by atoms with Crippen LogP contribution in [0.15, 0.2) is 12.3 Å². The molecule has 1 aromatic rings. The van der Waals surface area contributed by atoms with Crippen molar-refractivity contribution in [2.75, 3.05) is 0 Å². The van der Waals surface area contributed by atoms with Crippen molar-refractivity contribution in [1.29, 1.82) is 0 Å². The van der Waals surface area contributed by atoms with Crippen molar-refractivity contribution in [2.24, 2.45) is 0 Å². The van der Waals surface area contributed by atoms with Gasteiger partial charge in [-0.25, -0.2) is 4.68 Å². The second-order valence-electron chi connectivity index (χ2n) is 2.59. The van der Waals surface area contributed by atoms with Crippen LogP contribution in [0.25, 0.3) is 0 Å². The van der Waals surface area contributed by atoms with E-state index in [-0.39, 0.29) is 11.9 Å². The lowest BCUT2D eigenvalue weighted by molar-refractivity contribution is -0.0563. The number of alkyl halides is 2. The van der Waals surface area contributed by atoms with Crippen LogP contribution in [0.3, 0.4) is 0 Å². The molecule has 0 N–H and O–H groups in total. The topological polar surface area (TPSA) is 27.1 Å². The van der Waals surface area contributed by atoms with E-state index in [2.05, 4.69) is 9.84 Å². The molecule has 0 aliphatic carbocycles. The molecule has 0 fully saturated rings. The lowest BCUT2D eigenvalue weighted by Crippen LogP contribution is -2.10. The minimum absolute atomic E-state index is 0.0220. The average Bonchev–Trinajstić information content (AvgIpc) is 2.33. The molecule has 0 saturated heterocycles. The first-order valence-electron chi connectivity index (χ1n) is 3.59. The third kappa shape index (κ3) is 1.93. The van der Waals surface area contributed by atoms with Gasteiger partial charge in [0.25, 0.3) is 0 Å². The van der Waals surface area contributed by atoms with Crippen molar-refractivity contribution in [2.45, 2.75) is 26.5 Å². The van der Waals surface area contributed by atoms with Crippen LogP contribution in [0, 0.1) is 0 Å². The molecule has 0 atom stereocenters.